The molecule has 0 spiro atoms. The van der Waals surface area contributed by atoms with E-state index in [1.54, 1.807) is 36.4 Å². The van der Waals surface area contributed by atoms with E-state index in [0.717, 1.165) is 22.3 Å². The number of aryl methyl sites for hydroxylation is 2. The Morgan fingerprint density at radius 3 is 2.10 bits per heavy atom. The number of benzene rings is 3. The van der Waals surface area contributed by atoms with E-state index in [0.29, 0.717) is 12.1 Å². The average Bonchev–Trinajstić information content (AvgIpc) is 2.89. The van der Waals surface area contributed by atoms with Crippen molar-refractivity contribution in [1.82, 2.24) is 10.2 Å². The van der Waals surface area contributed by atoms with E-state index in [1.165, 1.54) is 9.21 Å². The van der Waals surface area contributed by atoms with Crippen LogP contribution in [0.4, 0.5) is 5.69 Å². The number of nitrogens with zero attached hydrogens (tertiary/aromatic N) is 2. The zero-order valence-electron chi connectivity index (χ0n) is 23.6. The number of nitrogens with one attached hydrogen (secondary N) is 1. The molecule has 3 aromatic rings. The van der Waals surface area contributed by atoms with Gasteiger partial charge in [-0.2, -0.15) is 0 Å². The van der Waals surface area contributed by atoms with Gasteiger partial charge in [0.25, 0.3) is 10.0 Å². The predicted molar refractivity (Wildman–Crippen MR) is 156 cm³/mol. The van der Waals surface area contributed by atoms with Crippen molar-refractivity contribution >= 4 is 27.5 Å². The Hall–Kier alpha value is -3.65. The number of rotatable bonds is 11. The van der Waals surface area contributed by atoms with Gasteiger partial charge in [-0.15, -0.1) is 0 Å². The third kappa shape index (κ3) is 7.26. The smallest absolute Gasteiger partial charge is 0.264 e. The molecule has 208 valence electrons. The average molecular weight is 550 g/mol. The van der Waals surface area contributed by atoms with E-state index in [1.807, 2.05) is 77.9 Å². The molecule has 3 aromatic carbocycles. The molecule has 3 rings (SSSR count). The molecule has 8 heteroatoms. The summed E-state index contributed by atoms with van der Waals surface area (Å²) in [6, 6.07) is 20.5. The van der Waals surface area contributed by atoms with Crippen molar-refractivity contribution in [2.75, 3.05) is 10.8 Å². The Kier molecular flexibility index (Phi) is 9.92. The quantitative estimate of drug-likeness (QED) is 0.359. The van der Waals surface area contributed by atoms with E-state index >= 15 is 0 Å². The van der Waals surface area contributed by atoms with Gasteiger partial charge >= 0.3 is 0 Å². The molecule has 0 saturated heterocycles. The fraction of sp³-hybridized carbons (Fsp3) is 0.355. The first-order valence-corrected chi connectivity index (χ1v) is 14.7. The lowest BCUT2D eigenvalue weighted by Gasteiger charge is -2.34. The van der Waals surface area contributed by atoms with E-state index in [-0.39, 0.29) is 23.4 Å². The summed E-state index contributed by atoms with van der Waals surface area (Å²) >= 11 is 0. The van der Waals surface area contributed by atoms with Gasteiger partial charge < -0.3 is 10.2 Å². The normalized spacial score (nSPS) is 12.2. The van der Waals surface area contributed by atoms with Crippen LogP contribution in [0.2, 0.25) is 0 Å². The molecule has 39 heavy (non-hydrogen) atoms. The minimum absolute atomic E-state index is 0.0982. The third-order valence-electron chi connectivity index (χ3n) is 6.75. The van der Waals surface area contributed by atoms with Crippen molar-refractivity contribution in [1.29, 1.82) is 0 Å². The molecule has 1 N–H and O–H groups in total. The van der Waals surface area contributed by atoms with Crippen molar-refractivity contribution in [2.45, 2.75) is 71.5 Å². The molecule has 0 heterocycles. The van der Waals surface area contributed by atoms with Crippen LogP contribution in [0.5, 0.6) is 0 Å². The van der Waals surface area contributed by atoms with Crippen LogP contribution in [0.1, 0.15) is 49.4 Å². The lowest BCUT2D eigenvalue weighted by Crippen LogP contribution is -2.53. The lowest BCUT2D eigenvalue weighted by molar-refractivity contribution is -0.140. The largest absolute Gasteiger partial charge is 0.352 e. The van der Waals surface area contributed by atoms with Crippen molar-refractivity contribution in [3.8, 4) is 0 Å². The number of hydrogen-bond donors (Lipinski definition) is 1. The summed E-state index contributed by atoms with van der Waals surface area (Å²) in [5.41, 5.74) is 3.89. The molecular weight excluding hydrogens is 510 g/mol. The maximum Gasteiger partial charge on any atom is 0.264 e. The Labute approximate surface area is 232 Å². The first kappa shape index (κ1) is 29.9. The maximum absolute atomic E-state index is 14.1. The fourth-order valence-electron chi connectivity index (χ4n) is 4.44. The van der Waals surface area contributed by atoms with Gasteiger partial charge in [0.1, 0.15) is 12.6 Å². The number of amides is 2. The molecule has 0 aliphatic heterocycles. The molecule has 1 unspecified atom stereocenters. The number of carbonyl (C=O) groups is 2. The van der Waals surface area contributed by atoms with Gasteiger partial charge in [-0.05, 0) is 75.9 Å². The number of sulfonamides is 1. The third-order valence-corrected chi connectivity index (χ3v) is 8.52. The SMILES string of the molecule is CCC(C(=O)NC(C)C)N(Cc1ccccc1)C(=O)CN(c1cccc(C)c1C)S(=O)(=O)c1ccc(C)cc1. The summed E-state index contributed by atoms with van der Waals surface area (Å²) in [5, 5.41) is 2.91. The first-order valence-electron chi connectivity index (χ1n) is 13.2. The van der Waals surface area contributed by atoms with Crippen LogP contribution in [0.25, 0.3) is 0 Å². The van der Waals surface area contributed by atoms with Crippen LogP contribution in [0.15, 0.2) is 77.7 Å². The number of carbonyl (C=O) groups excluding carboxylic acids is 2. The zero-order chi connectivity index (χ0) is 28.7. The number of anilines is 1. The molecule has 0 saturated carbocycles. The second-order valence-electron chi connectivity index (χ2n) is 10.1. The predicted octanol–water partition coefficient (Wildman–Crippen LogP) is 5.14. The lowest BCUT2D eigenvalue weighted by atomic mass is 10.1. The monoisotopic (exact) mass is 549 g/mol. The molecule has 0 aromatic heterocycles. The molecule has 0 bridgehead atoms. The van der Waals surface area contributed by atoms with Gasteiger partial charge in [-0.25, -0.2) is 8.42 Å². The van der Waals surface area contributed by atoms with Crippen molar-refractivity contribution in [2.24, 2.45) is 0 Å². The van der Waals surface area contributed by atoms with Gasteiger partial charge in [-0.3, -0.25) is 13.9 Å². The van der Waals surface area contributed by atoms with Gasteiger partial charge in [0.2, 0.25) is 11.8 Å². The molecule has 0 radical (unpaired) electrons. The van der Waals surface area contributed by atoms with Crippen LogP contribution in [0, 0.1) is 20.8 Å². The molecule has 0 aliphatic carbocycles. The van der Waals surface area contributed by atoms with E-state index in [2.05, 4.69) is 5.32 Å². The summed E-state index contributed by atoms with van der Waals surface area (Å²) in [4.78, 5) is 28.9. The van der Waals surface area contributed by atoms with Crippen molar-refractivity contribution in [3.05, 3.63) is 95.1 Å². The highest BCUT2D eigenvalue weighted by Crippen LogP contribution is 2.29. The highest BCUT2D eigenvalue weighted by Gasteiger charge is 2.34. The Balaban J connectivity index is 2.09. The highest BCUT2D eigenvalue weighted by molar-refractivity contribution is 7.92. The minimum Gasteiger partial charge on any atom is -0.352 e. The Morgan fingerprint density at radius 1 is 0.872 bits per heavy atom. The summed E-state index contributed by atoms with van der Waals surface area (Å²) < 4.78 is 29.2. The maximum atomic E-state index is 14.1. The van der Waals surface area contributed by atoms with Crippen LogP contribution in [-0.4, -0.2) is 43.8 Å². The molecule has 0 aliphatic rings. The second kappa shape index (κ2) is 12.9. The number of hydrogen-bond acceptors (Lipinski definition) is 4. The van der Waals surface area contributed by atoms with Crippen LogP contribution >= 0.6 is 0 Å². The first-order chi connectivity index (χ1) is 18.4. The summed E-state index contributed by atoms with van der Waals surface area (Å²) in [5.74, 6) is -0.724. The summed E-state index contributed by atoms with van der Waals surface area (Å²) in [6.45, 7) is 10.9. The van der Waals surface area contributed by atoms with E-state index in [9.17, 15) is 18.0 Å². The Bertz CT molecular complexity index is 1390. The van der Waals surface area contributed by atoms with Crippen LogP contribution in [0.3, 0.4) is 0 Å². The van der Waals surface area contributed by atoms with Crippen LogP contribution < -0.4 is 9.62 Å². The standard InChI is InChI=1S/C31H39N3O4S/c1-7-28(31(36)32-22(2)3)33(20-26-13-9-8-10-14-26)30(35)21-34(29-15-11-12-24(5)25(29)6)39(37,38)27-18-16-23(4)17-19-27/h8-19,22,28H,7,20-21H2,1-6H3,(H,32,36). The summed E-state index contributed by atoms with van der Waals surface area (Å²) in [7, 11) is -4.10. The fourth-order valence-corrected chi connectivity index (χ4v) is 5.91. The van der Waals surface area contributed by atoms with Gasteiger partial charge in [0.05, 0.1) is 10.6 Å². The second-order valence-corrected chi connectivity index (χ2v) is 12.0. The topological polar surface area (TPSA) is 86.8 Å². The van der Waals surface area contributed by atoms with Gasteiger partial charge in [0, 0.05) is 12.6 Å². The molecule has 7 nitrogen and oxygen atoms in total. The zero-order valence-corrected chi connectivity index (χ0v) is 24.5. The van der Waals surface area contributed by atoms with E-state index < -0.39 is 28.5 Å². The van der Waals surface area contributed by atoms with Gasteiger partial charge in [-0.1, -0.05) is 67.1 Å². The van der Waals surface area contributed by atoms with Crippen LogP contribution in [-0.2, 0) is 26.2 Å². The molecular formula is C31H39N3O4S. The molecule has 0 fully saturated rings. The van der Waals surface area contributed by atoms with E-state index in [4.69, 9.17) is 0 Å². The minimum atomic E-state index is -4.10. The Morgan fingerprint density at radius 2 is 1.51 bits per heavy atom. The van der Waals surface area contributed by atoms with Crippen molar-refractivity contribution < 1.29 is 18.0 Å². The summed E-state index contributed by atoms with van der Waals surface area (Å²) in [6.07, 6.45) is 0.380. The highest BCUT2D eigenvalue weighted by atomic mass is 32.2. The van der Waals surface area contributed by atoms with Crippen molar-refractivity contribution in [3.63, 3.8) is 0 Å². The van der Waals surface area contributed by atoms with Gasteiger partial charge in [0.15, 0.2) is 0 Å². The molecule has 1 atom stereocenters. The molecule has 2 amide bonds.